The van der Waals surface area contributed by atoms with E-state index in [0.717, 1.165) is 11.1 Å². The highest BCUT2D eigenvalue weighted by molar-refractivity contribution is 7.92. The number of hydrogen-bond donors (Lipinski definition) is 2. The molecular weight excluding hydrogens is 348 g/mol. The molecule has 6 heteroatoms. The smallest absolute Gasteiger partial charge is 0.261 e. The topological polar surface area (TPSA) is 75.3 Å². The first-order valence-electron chi connectivity index (χ1n) is 8.37. The van der Waals surface area contributed by atoms with E-state index in [2.05, 4.69) is 16.6 Å². The highest BCUT2D eigenvalue weighted by Gasteiger charge is 2.19. The van der Waals surface area contributed by atoms with Crippen LogP contribution in [0, 0.1) is 6.92 Å². The van der Waals surface area contributed by atoms with Gasteiger partial charge in [-0.1, -0.05) is 38.1 Å². The minimum atomic E-state index is -3.75. The SMILES string of the molecule is C=CCNC(=O)c1ccc(S(=O)(=O)Nc2c(C)cccc2C(C)C)cc1. The Morgan fingerprint density at radius 1 is 1.15 bits per heavy atom. The molecule has 5 nitrogen and oxygen atoms in total. The summed E-state index contributed by atoms with van der Waals surface area (Å²) in [5.41, 5.74) is 2.80. The van der Waals surface area contributed by atoms with E-state index in [1.807, 2.05) is 39.0 Å². The third kappa shape index (κ3) is 4.52. The Kier molecular flexibility index (Phi) is 6.21. The Hall–Kier alpha value is -2.60. The van der Waals surface area contributed by atoms with E-state index >= 15 is 0 Å². The second-order valence-corrected chi connectivity index (χ2v) is 8.00. The maximum atomic E-state index is 12.8. The Morgan fingerprint density at radius 3 is 2.38 bits per heavy atom. The van der Waals surface area contributed by atoms with Crippen molar-refractivity contribution in [3.8, 4) is 0 Å². The molecule has 0 radical (unpaired) electrons. The number of carbonyl (C=O) groups is 1. The summed E-state index contributed by atoms with van der Waals surface area (Å²) in [5.74, 6) is -0.0914. The van der Waals surface area contributed by atoms with Crippen molar-refractivity contribution in [3.63, 3.8) is 0 Å². The van der Waals surface area contributed by atoms with Crippen LogP contribution >= 0.6 is 0 Å². The zero-order valence-corrected chi connectivity index (χ0v) is 16.1. The Labute approximate surface area is 155 Å². The summed E-state index contributed by atoms with van der Waals surface area (Å²) in [6.45, 7) is 9.80. The molecule has 0 saturated heterocycles. The van der Waals surface area contributed by atoms with Crippen LogP contribution in [0.3, 0.4) is 0 Å². The van der Waals surface area contributed by atoms with E-state index in [-0.39, 0.29) is 16.7 Å². The van der Waals surface area contributed by atoms with Gasteiger partial charge in [-0.05, 0) is 48.2 Å². The largest absolute Gasteiger partial charge is 0.349 e. The van der Waals surface area contributed by atoms with Crippen molar-refractivity contribution < 1.29 is 13.2 Å². The predicted octanol–water partition coefficient (Wildman–Crippen LogP) is 3.84. The normalized spacial score (nSPS) is 11.2. The summed E-state index contributed by atoms with van der Waals surface area (Å²) < 4.78 is 28.2. The summed E-state index contributed by atoms with van der Waals surface area (Å²) in [7, 11) is -3.75. The molecule has 2 rings (SSSR count). The van der Waals surface area contributed by atoms with Crippen molar-refractivity contribution in [2.24, 2.45) is 0 Å². The highest BCUT2D eigenvalue weighted by Crippen LogP contribution is 2.29. The minimum Gasteiger partial charge on any atom is -0.349 e. The standard InChI is InChI=1S/C20H24N2O3S/c1-5-13-21-20(23)16-9-11-17(12-10-16)26(24,25)22-19-15(4)7-6-8-18(19)14(2)3/h5-12,14,22H,1,13H2,2-4H3,(H,21,23). The van der Waals surface area contributed by atoms with Gasteiger partial charge in [0.25, 0.3) is 15.9 Å². The van der Waals surface area contributed by atoms with Crippen molar-refractivity contribution in [1.29, 1.82) is 0 Å². The van der Waals surface area contributed by atoms with Crippen molar-refractivity contribution in [1.82, 2.24) is 5.32 Å². The lowest BCUT2D eigenvalue weighted by Gasteiger charge is -2.17. The van der Waals surface area contributed by atoms with Crippen LogP contribution in [0.5, 0.6) is 0 Å². The summed E-state index contributed by atoms with van der Waals surface area (Å²) in [4.78, 5) is 12.0. The fourth-order valence-electron chi connectivity index (χ4n) is 2.56. The average molecular weight is 372 g/mol. The van der Waals surface area contributed by atoms with E-state index in [4.69, 9.17) is 0 Å². The van der Waals surface area contributed by atoms with Gasteiger partial charge in [0, 0.05) is 12.1 Å². The number of rotatable bonds is 7. The van der Waals surface area contributed by atoms with Crippen LogP contribution < -0.4 is 10.0 Å². The molecule has 0 aliphatic heterocycles. The summed E-state index contributed by atoms with van der Waals surface area (Å²) in [6, 6.07) is 11.6. The molecule has 2 aromatic rings. The molecule has 0 heterocycles. The van der Waals surface area contributed by atoms with Crippen LogP contribution in [0.1, 0.15) is 41.3 Å². The number of carbonyl (C=O) groups excluding carboxylic acids is 1. The maximum absolute atomic E-state index is 12.8. The maximum Gasteiger partial charge on any atom is 0.261 e. The van der Waals surface area contributed by atoms with Gasteiger partial charge in [-0.2, -0.15) is 0 Å². The first-order chi connectivity index (χ1) is 12.3. The molecule has 0 aliphatic carbocycles. The van der Waals surface area contributed by atoms with Crippen LogP contribution in [0.25, 0.3) is 0 Å². The van der Waals surface area contributed by atoms with E-state index < -0.39 is 10.0 Å². The fraction of sp³-hybridized carbons (Fsp3) is 0.250. The summed E-state index contributed by atoms with van der Waals surface area (Å²) in [6.07, 6.45) is 1.58. The molecule has 0 fully saturated rings. The molecule has 0 saturated carbocycles. The molecule has 0 spiro atoms. The minimum absolute atomic E-state index is 0.107. The number of para-hydroxylation sites is 1. The lowest BCUT2D eigenvalue weighted by atomic mass is 9.99. The highest BCUT2D eigenvalue weighted by atomic mass is 32.2. The number of anilines is 1. The molecule has 0 atom stereocenters. The van der Waals surface area contributed by atoms with E-state index in [9.17, 15) is 13.2 Å². The second-order valence-electron chi connectivity index (χ2n) is 6.32. The monoisotopic (exact) mass is 372 g/mol. The molecule has 0 unspecified atom stereocenters. The Bertz CT molecular complexity index is 901. The van der Waals surface area contributed by atoms with Gasteiger partial charge in [0.2, 0.25) is 0 Å². The number of amides is 1. The molecular formula is C20H24N2O3S. The zero-order valence-electron chi connectivity index (χ0n) is 15.2. The average Bonchev–Trinajstić information content (AvgIpc) is 2.61. The lowest BCUT2D eigenvalue weighted by Crippen LogP contribution is -2.23. The van der Waals surface area contributed by atoms with Gasteiger partial charge in [0.15, 0.2) is 0 Å². The van der Waals surface area contributed by atoms with Gasteiger partial charge in [0.1, 0.15) is 0 Å². The first kappa shape index (κ1) is 19.7. The first-order valence-corrected chi connectivity index (χ1v) is 9.86. The molecule has 2 N–H and O–H groups in total. The predicted molar refractivity (Wildman–Crippen MR) is 105 cm³/mol. The molecule has 0 aliphatic rings. The number of benzene rings is 2. The molecule has 1 amide bonds. The molecule has 26 heavy (non-hydrogen) atoms. The molecule has 0 aromatic heterocycles. The second kappa shape index (κ2) is 8.19. The van der Waals surface area contributed by atoms with E-state index in [1.165, 1.54) is 24.3 Å². The van der Waals surface area contributed by atoms with Gasteiger partial charge in [-0.25, -0.2) is 8.42 Å². The molecule has 2 aromatic carbocycles. The number of aryl methyl sites for hydroxylation is 1. The van der Waals surface area contributed by atoms with Crippen LogP contribution in [0.4, 0.5) is 5.69 Å². The van der Waals surface area contributed by atoms with Crippen LogP contribution in [-0.2, 0) is 10.0 Å². The fourth-order valence-corrected chi connectivity index (χ4v) is 3.72. The van der Waals surface area contributed by atoms with E-state index in [1.54, 1.807) is 6.08 Å². The van der Waals surface area contributed by atoms with Gasteiger partial charge in [-0.15, -0.1) is 6.58 Å². The van der Waals surface area contributed by atoms with Crippen molar-refractivity contribution >= 4 is 21.6 Å². The van der Waals surface area contributed by atoms with Crippen molar-refractivity contribution in [2.45, 2.75) is 31.6 Å². The Balaban J connectivity index is 2.29. The van der Waals surface area contributed by atoms with Crippen molar-refractivity contribution in [2.75, 3.05) is 11.3 Å². The third-order valence-electron chi connectivity index (χ3n) is 4.00. The van der Waals surface area contributed by atoms with Gasteiger partial charge < -0.3 is 5.32 Å². The summed E-state index contributed by atoms with van der Waals surface area (Å²) in [5, 5.41) is 2.65. The number of nitrogens with one attached hydrogen (secondary N) is 2. The molecule has 0 bridgehead atoms. The van der Waals surface area contributed by atoms with Crippen LogP contribution in [0.15, 0.2) is 60.0 Å². The third-order valence-corrected chi connectivity index (χ3v) is 5.36. The lowest BCUT2D eigenvalue weighted by molar-refractivity contribution is 0.0958. The molecule has 138 valence electrons. The van der Waals surface area contributed by atoms with Gasteiger partial charge >= 0.3 is 0 Å². The number of hydrogen-bond acceptors (Lipinski definition) is 3. The number of sulfonamides is 1. The van der Waals surface area contributed by atoms with E-state index in [0.29, 0.717) is 17.8 Å². The quantitative estimate of drug-likeness (QED) is 0.725. The van der Waals surface area contributed by atoms with Gasteiger partial charge in [0.05, 0.1) is 10.6 Å². The van der Waals surface area contributed by atoms with Gasteiger partial charge in [-0.3, -0.25) is 9.52 Å². The zero-order chi connectivity index (χ0) is 19.3. The Morgan fingerprint density at radius 2 is 1.81 bits per heavy atom. The van der Waals surface area contributed by atoms with Crippen LogP contribution in [0.2, 0.25) is 0 Å². The summed E-state index contributed by atoms with van der Waals surface area (Å²) >= 11 is 0. The van der Waals surface area contributed by atoms with Crippen molar-refractivity contribution in [3.05, 3.63) is 71.8 Å². The van der Waals surface area contributed by atoms with Crippen LogP contribution in [-0.4, -0.2) is 20.9 Å².